The monoisotopic (exact) mass is 255 g/mol. The Morgan fingerprint density at radius 2 is 1.76 bits per heavy atom. The quantitative estimate of drug-likeness (QED) is 0.877. The molecule has 0 saturated heterocycles. The Morgan fingerprint density at radius 3 is 2.24 bits per heavy atom. The molecule has 3 nitrogen and oxygen atoms in total. The van der Waals surface area contributed by atoms with Gasteiger partial charge >= 0.3 is 0 Å². The van der Waals surface area contributed by atoms with Crippen LogP contribution in [0.4, 0.5) is 0 Å². The standard InChI is InChI=1S/C13H21NO2S/c1-4-11(3)17(15,16)9-13(14)12-7-5-10(2)6-8-12/h5-8,11,13H,4,9,14H2,1-3H3. The second-order valence-electron chi connectivity index (χ2n) is 4.57. The first-order valence-electron chi connectivity index (χ1n) is 5.90. The smallest absolute Gasteiger partial charge is 0.154 e. The molecule has 2 N–H and O–H groups in total. The van der Waals surface area contributed by atoms with Crippen LogP contribution in [0, 0.1) is 6.92 Å². The van der Waals surface area contributed by atoms with Crippen molar-refractivity contribution >= 4 is 9.84 Å². The number of nitrogens with two attached hydrogens (primary N) is 1. The highest BCUT2D eigenvalue weighted by molar-refractivity contribution is 7.92. The van der Waals surface area contributed by atoms with Gasteiger partial charge in [0.25, 0.3) is 0 Å². The van der Waals surface area contributed by atoms with E-state index in [1.165, 1.54) is 0 Å². The number of aryl methyl sites for hydroxylation is 1. The first-order valence-corrected chi connectivity index (χ1v) is 7.62. The zero-order valence-electron chi connectivity index (χ0n) is 10.7. The van der Waals surface area contributed by atoms with E-state index < -0.39 is 15.9 Å². The van der Waals surface area contributed by atoms with Crippen molar-refractivity contribution in [2.24, 2.45) is 5.73 Å². The van der Waals surface area contributed by atoms with Gasteiger partial charge < -0.3 is 5.73 Å². The van der Waals surface area contributed by atoms with Gasteiger partial charge in [-0.25, -0.2) is 8.42 Å². The summed E-state index contributed by atoms with van der Waals surface area (Å²) in [6.45, 7) is 5.60. The van der Waals surface area contributed by atoms with E-state index >= 15 is 0 Å². The van der Waals surface area contributed by atoms with Crippen LogP contribution in [0.25, 0.3) is 0 Å². The number of hydrogen-bond acceptors (Lipinski definition) is 3. The summed E-state index contributed by atoms with van der Waals surface area (Å²) in [5.74, 6) is 0.0189. The van der Waals surface area contributed by atoms with Crippen LogP contribution in [0.1, 0.15) is 37.4 Å². The van der Waals surface area contributed by atoms with Gasteiger partial charge in [-0.3, -0.25) is 0 Å². The Kier molecular flexibility index (Phi) is 4.71. The lowest BCUT2D eigenvalue weighted by Crippen LogP contribution is -2.28. The van der Waals surface area contributed by atoms with Crippen LogP contribution in [-0.2, 0) is 9.84 Å². The molecular formula is C13H21NO2S. The molecule has 0 fully saturated rings. The lowest BCUT2D eigenvalue weighted by atomic mass is 10.1. The van der Waals surface area contributed by atoms with E-state index in [2.05, 4.69) is 0 Å². The molecule has 0 aliphatic rings. The number of sulfone groups is 1. The fourth-order valence-electron chi connectivity index (χ4n) is 1.58. The van der Waals surface area contributed by atoms with Crippen LogP contribution < -0.4 is 5.73 Å². The summed E-state index contributed by atoms with van der Waals surface area (Å²) >= 11 is 0. The van der Waals surface area contributed by atoms with Crippen LogP contribution in [0.5, 0.6) is 0 Å². The molecular weight excluding hydrogens is 234 g/mol. The van der Waals surface area contributed by atoms with Crippen molar-refractivity contribution in [2.75, 3.05) is 5.75 Å². The molecule has 0 heterocycles. The highest BCUT2D eigenvalue weighted by Gasteiger charge is 2.22. The summed E-state index contributed by atoms with van der Waals surface area (Å²) in [6.07, 6.45) is 0.628. The van der Waals surface area contributed by atoms with Gasteiger partial charge in [0, 0.05) is 6.04 Å². The molecule has 0 aliphatic heterocycles. The van der Waals surface area contributed by atoms with Gasteiger partial charge in [-0.1, -0.05) is 36.8 Å². The normalized spacial score (nSPS) is 15.5. The molecule has 0 aromatic heterocycles. The van der Waals surface area contributed by atoms with Gasteiger partial charge in [-0.15, -0.1) is 0 Å². The molecule has 0 saturated carbocycles. The first-order chi connectivity index (χ1) is 7.86. The summed E-state index contributed by atoms with van der Waals surface area (Å²) in [6, 6.07) is 7.25. The Bertz CT molecular complexity index is 451. The van der Waals surface area contributed by atoms with Gasteiger partial charge in [0.2, 0.25) is 0 Å². The summed E-state index contributed by atoms with van der Waals surface area (Å²) in [4.78, 5) is 0. The van der Waals surface area contributed by atoms with Gasteiger partial charge in [-0.05, 0) is 25.8 Å². The third kappa shape index (κ3) is 3.82. The largest absolute Gasteiger partial charge is 0.323 e. The second-order valence-corrected chi connectivity index (χ2v) is 7.03. The SMILES string of the molecule is CCC(C)S(=O)(=O)CC(N)c1ccc(C)cc1. The Hall–Kier alpha value is -0.870. The van der Waals surface area contributed by atoms with E-state index in [-0.39, 0.29) is 11.0 Å². The number of rotatable bonds is 5. The molecule has 4 heteroatoms. The lowest BCUT2D eigenvalue weighted by Gasteiger charge is -2.16. The molecule has 2 unspecified atom stereocenters. The fourth-order valence-corrected chi connectivity index (χ4v) is 3.11. The van der Waals surface area contributed by atoms with E-state index in [1.807, 2.05) is 38.1 Å². The molecule has 0 amide bonds. The Labute approximate surface area is 104 Å². The minimum absolute atomic E-state index is 0.0189. The third-order valence-electron chi connectivity index (χ3n) is 3.11. The molecule has 2 atom stereocenters. The van der Waals surface area contributed by atoms with Crippen LogP contribution in [0.2, 0.25) is 0 Å². The molecule has 0 aliphatic carbocycles. The maximum atomic E-state index is 11.9. The third-order valence-corrected chi connectivity index (χ3v) is 5.49. The molecule has 1 rings (SSSR count). The van der Waals surface area contributed by atoms with Crippen molar-refractivity contribution in [1.82, 2.24) is 0 Å². The van der Waals surface area contributed by atoms with E-state index in [9.17, 15) is 8.42 Å². The Balaban J connectivity index is 2.79. The van der Waals surface area contributed by atoms with E-state index in [4.69, 9.17) is 5.73 Å². The predicted molar refractivity (Wildman–Crippen MR) is 71.6 cm³/mol. The zero-order valence-corrected chi connectivity index (χ0v) is 11.5. The van der Waals surface area contributed by atoms with Gasteiger partial charge in [-0.2, -0.15) is 0 Å². The predicted octanol–water partition coefficient (Wildman–Crippen LogP) is 2.21. The van der Waals surface area contributed by atoms with Gasteiger partial charge in [0.15, 0.2) is 9.84 Å². The highest BCUT2D eigenvalue weighted by atomic mass is 32.2. The molecule has 0 radical (unpaired) electrons. The molecule has 0 spiro atoms. The highest BCUT2D eigenvalue weighted by Crippen LogP contribution is 2.16. The molecule has 17 heavy (non-hydrogen) atoms. The van der Waals surface area contributed by atoms with Crippen molar-refractivity contribution in [3.05, 3.63) is 35.4 Å². The second kappa shape index (κ2) is 5.65. The maximum absolute atomic E-state index is 11.9. The average molecular weight is 255 g/mol. The van der Waals surface area contributed by atoms with Crippen molar-refractivity contribution in [3.63, 3.8) is 0 Å². The van der Waals surface area contributed by atoms with E-state index in [0.717, 1.165) is 11.1 Å². The molecule has 0 bridgehead atoms. The van der Waals surface area contributed by atoms with Crippen LogP contribution in [0.15, 0.2) is 24.3 Å². The number of benzene rings is 1. The van der Waals surface area contributed by atoms with Crippen LogP contribution in [0.3, 0.4) is 0 Å². The summed E-state index contributed by atoms with van der Waals surface area (Å²) in [5.41, 5.74) is 7.97. The van der Waals surface area contributed by atoms with Crippen molar-refractivity contribution in [2.45, 2.75) is 38.5 Å². The van der Waals surface area contributed by atoms with E-state index in [1.54, 1.807) is 6.92 Å². The summed E-state index contributed by atoms with van der Waals surface area (Å²) in [7, 11) is -3.09. The summed E-state index contributed by atoms with van der Waals surface area (Å²) in [5, 5.41) is -0.320. The van der Waals surface area contributed by atoms with Gasteiger partial charge in [0.1, 0.15) is 0 Å². The van der Waals surface area contributed by atoms with Crippen molar-refractivity contribution in [1.29, 1.82) is 0 Å². The molecule has 96 valence electrons. The molecule has 1 aromatic carbocycles. The zero-order chi connectivity index (χ0) is 13.1. The summed E-state index contributed by atoms with van der Waals surface area (Å²) < 4.78 is 23.9. The first kappa shape index (κ1) is 14.2. The van der Waals surface area contributed by atoms with E-state index in [0.29, 0.717) is 6.42 Å². The maximum Gasteiger partial charge on any atom is 0.154 e. The van der Waals surface area contributed by atoms with Crippen molar-refractivity contribution < 1.29 is 8.42 Å². The molecule has 1 aromatic rings. The topological polar surface area (TPSA) is 60.2 Å². The number of hydrogen-bond donors (Lipinski definition) is 1. The minimum Gasteiger partial charge on any atom is -0.323 e. The Morgan fingerprint density at radius 1 is 1.24 bits per heavy atom. The van der Waals surface area contributed by atoms with Gasteiger partial charge in [0.05, 0.1) is 11.0 Å². The fraction of sp³-hybridized carbons (Fsp3) is 0.538. The lowest BCUT2D eigenvalue weighted by molar-refractivity contribution is 0.574. The minimum atomic E-state index is -3.09. The van der Waals surface area contributed by atoms with Crippen molar-refractivity contribution in [3.8, 4) is 0 Å². The van der Waals surface area contributed by atoms with Crippen LogP contribution >= 0.6 is 0 Å². The van der Waals surface area contributed by atoms with Crippen LogP contribution in [-0.4, -0.2) is 19.4 Å². The average Bonchev–Trinajstić information content (AvgIpc) is 2.28.